The van der Waals surface area contributed by atoms with Crippen molar-refractivity contribution in [3.63, 3.8) is 0 Å². The minimum atomic E-state index is -3.95. The molecule has 1 saturated heterocycles. The summed E-state index contributed by atoms with van der Waals surface area (Å²) in [6.45, 7) is 7.20. The van der Waals surface area contributed by atoms with Gasteiger partial charge in [0.05, 0.1) is 17.4 Å². The van der Waals surface area contributed by atoms with Gasteiger partial charge in [0.15, 0.2) is 5.69 Å². The van der Waals surface area contributed by atoms with E-state index in [0.717, 1.165) is 0 Å². The lowest BCUT2D eigenvalue weighted by molar-refractivity contribution is -0.109. The number of H-pyrrole nitrogens is 1. The first-order valence-electron chi connectivity index (χ1n) is 6.51. The van der Waals surface area contributed by atoms with E-state index in [1.165, 1.54) is 11.2 Å². The Morgan fingerprint density at radius 1 is 1.52 bits per heavy atom. The third kappa shape index (κ3) is 2.94. The summed E-state index contributed by atoms with van der Waals surface area (Å²) in [6.07, 6.45) is -0.274. The second kappa shape index (κ2) is 5.08. The second-order valence-corrected chi connectivity index (χ2v) is 7.69. The third-order valence-corrected chi connectivity index (χ3v) is 5.20. The maximum Gasteiger partial charge on any atom is 0.357 e. The van der Waals surface area contributed by atoms with Crippen LogP contribution >= 0.6 is 0 Å². The fourth-order valence-electron chi connectivity index (χ4n) is 2.59. The average Bonchev–Trinajstić information content (AvgIpc) is 2.69. The van der Waals surface area contributed by atoms with Crippen LogP contribution in [0.2, 0.25) is 0 Å². The summed E-state index contributed by atoms with van der Waals surface area (Å²) >= 11 is 0. The number of hydrogen-bond donors (Lipinski definition) is 2. The summed E-state index contributed by atoms with van der Waals surface area (Å²) in [5.74, 6) is -1.38. The van der Waals surface area contributed by atoms with Gasteiger partial charge >= 0.3 is 5.97 Å². The molecule has 0 amide bonds. The highest BCUT2D eigenvalue weighted by molar-refractivity contribution is 7.89. The van der Waals surface area contributed by atoms with Crippen LogP contribution < -0.4 is 0 Å². The third-order valence-electron chi connectivity index (χ3n) is 3.23. The molecule has 2 N–H and O–H groups in total. The Hall–Kier alpha value is -1.45. The van der Waals surface area contributed by atoms with Gasteiger partial charge < -0.3 is 9.84 Å². The highest BCUT2D eigenvalue weighted by Crippen LogP contribution is 2.28. The Bertz CT molecular complexity index is 664. The molecule has 8 nitrogen and oxygen atoms in total. The molecule has 9 heteroatoms. The lowest BCUT2D eigenvalue weighted by atomic mass is 10.1. The molecule has 0 aromatic carbocycles. The number of carbonyl (C=O) groups is 1. The lowest BCUT2D eigenvalue weighted by Gasteiger charge is -2.40. The Kier molecular flexibility index (Phi) is 3.85. The molecule has 1 unspecified atom stereocenters. The first-order valence-corrected chi connectivity index (χ1v) is 7.95. The Labute approximate surface area is 123 Å². The van der Waals surface area contributed by atoms with Crippen molar-refractivity contribution in [3.05, 3.63) is 11.4 Å². The number of rotatable bonds is 3. The van der Waals surface area contributed by atoms with E-state index in [-0.39, 0.29) is 29.8 Å². The zero-order chi connectivity index (χ0) is 16.0. The number of aromatic amines is 1. The van der Waals surface area contributed by atoms with Crippen molar-refractivity contribution in [2.75, 3.05) is 13.1 Å². The Morgan fingerprint density at radius 2 is 2.14 bits per heavy atom. The minimum absolute atomic E-state index is 0.156. The van der Waals surface area contributed by atoms with Crippen molar-refractivity contribution in [2.24, 2.45) is 0 Å². The SMILES string of the molecule is Cc1[nH]nc(C(=O)O)c1S(=O)(=O)N1CC(C)OC(C)(C)C1. The first-order chi connectivity index (χ1) is 9.54. The molecule has 0 saturated carbocycles. The van der Waals surface area contributed by atoms with Gasteiger partial charge in [-0.05, 0) is 27.7 Å². The summed E-state index contributed by atoms with van der Waals surface area (Å²) in [5.41, 5.74) is -0.903. The van der Waals surface area contributed by atoms with Gasteiger partial charge in [0, 0.05) is 13.1 Å². The van der Waals surface area contributed by atoms with E-state index in [2.05, 4.69) is 10.2 Å². The van der Waals surface area contributed by atoms with Crippen molar-refractivity contribution in [1.82, 2.24) is 14.5 Å². The molecule has 1 fully saturated rings. The summed E-state index contributed by atoms with van der Waals surface area (Å²) < 4.78 is 32.5. The van der Waals surface area contributed by atoms with E-state index in [1.807, 2.05) is 0 Å². The van der Waals surface area contributed by atoms with Crippen LogP contribution in [0.5, 0.6) is 0 Å². The monoisotopic (exact) mass is 317 g/mol. The quantitative estimate of drug-likeness (QED) is 0.844. The molecule has 0 bridgehead atoms. The molecule has 1 aromatic heterocycles. The zero-order valence-corrected chi connectivity index (χ0v) is 13.2. The van der Waals surface area contributed by atoms with Crippen LogP contribution in [0.4, 0.5) is 0 Å². The molecule has 1 aromatic rings. The minimum Gasteiger partial charge on any atom is -0.476 e. The second-order valence-electron chi connectivity index (χ2n) is 5.82. The topological polar surface area (TPSA) is 113 Å². The van der Waals surface area contributed by atoms with Crippen LogP contribution in [0.1, 0.15) is 37.0 Å². The Balaban J connectivity index is 2.48. The van der Waals surface area contributed by atoms with Gasteiger partial charge in [-0.15, -0.1) is 0 Å². The molecule has 1 aliphatic rings. The fourth-order valence-corrected chi connectivity index (χ4v) is 4.54. The summed E-state index contributed by atoms with van der Waals surface area (Å²) in [4.78, 5) is 10.9. The van der Waals surface area contributed by atoms with Crippen LogP contribution in [0.15, 0.2) is 4.90 Å². The van der Waals surface area contributed by atoms with Crippen LogP contribution in [0.25, 0.3) is 0 Å². The fraction of sp³-hybridized carbons (Fsp3) is 0.667. The van der Waals surface area contributed by atoms with Gasteiger partial charge in [0.2, 0.25) is 10.0 Å². The van der Waals surface area contributed by atoms with E-state index in [1.54, 1.807) is 20.8 Å². The molecule has 0 aliphatic carbocycles. The highest BCUT2D eigenvalue weighted by atomic mass is 32.2. The number of morpholine rings is 1. The van der Waals surface area contributed by atoms with E-state index in [9.17, 15) is 13.2 Å². The summed E-state index contributed by atoms with van der Waals surface area (Å²) in [7, 11) is -3.95. The molecule has 1 aliphatic heterocycles. The summed E-state index contributed by atoms with van der Waals surface area (Å²) in [5, 5.41) is 15.1. The van der Waals surface area contributed by atoms with Crippen LogP contribution in [0.3, 0.4) is 0 Å². The lowest BCUT2D eigenvalue weighted by Crippen LogP contribution is -2.53. The number of aromatic carboxylic acids is 1. The number of carboxylic acid groups (broad SMARTS) is 1. The van der Waals surface area contributed by atoms with Crippen molar-refractivity contribution < 1.29 is 23.1 Å². The zero-order valence-electron chi connectivity index (χ0n) is 12.4. The van der Waals surface area contributed by atoms with E-state index >= 15 is 0 Å². The molecule has 2 rings (SSSR count). The number of hydrogen-bond acceptors (Lipinski definition) is 5. The maximum absolute atomic E-state index is 12.8. The average molecular weight is 317 g/mol. The van der Waals surface area contributed by atoms with E-state index in [4.69, 9.17) is 9.84 Å². The molecule has 2 heterocycles. The van der Waals surface area contributed by atoms with Crippen molar-refractivity contribution in [2.45, 2.75) is 44.3 Å². The smallest absolute Gasteiger partial charge is 0.357 e. The molecule has 0 radical (unpaired) electrons. The van der Waals surface area contributed by atoms with Crippen LogP contribution in [0, 0.1) is 6.92 Å². The predicted octanol–water partition coefficient (Wildman–Crippen LogP) is 0.604. The maximum atomic E-state index is 12.8. The van der Waals surface area contributed by atoms with Crippen molar-refractivity contribution in [1.29, 1.82) is 0 Å². The van der Waals surface area contributed by atoms with Gasteiger partial charge in [-0.2, -0.15) is 9.40 Å². The standard InChI is InChI=1S/C12H19N3O5S/c1-7-5-15(6-12(3,4)20-7)21(18,19)10-8(2)13-14-9(10)11(16)17/h7H,5-6H2,1-4H3,(H,13,14)(H,16,17). The molecule has 0 spiro atoms. The predicted molar refractivity (Wildman–Crippen MR) is 73.7 cm³/mol. The number of nitrogens with one attached hydrogen (secondary N) is 1. The normalized spacial score (nSPS) is 23.1. The first kappa shape index (κ1) is 15.9. The largest absolute Gasteiger partial charge is 0.476 e. The molecule has 1 atom stereocenters. The van der Waals surface area contributed by atoms with Crippen molar-refractivity contribution in [3.8, 4) is 0 Å². The number of ether oxygens (including phenoxy) is 1. The van der Waals surface area contributed by atoms with Crippen molar-refractivity contribution >= 4 is 16.0 Å². The van der Waals surface area contributed by atoms with Crippen LogP contribution in [-0.2, 0) is 14.8 Å². The molecule has 118 valence electrons. The number of carboxylic acids is 1. The number of sulfonamides is 1. The molecule has 21 heavy (non-hydrogen) atoms. The Morgan fingerprint density at radius 3 is 2.67 bits per heavy atom. The van der Waals surface area contributed by atoms with Gasteiger partial charge in [-0.3, -0.25) is 5.10 Å². The number of nitrogens with zero attached hydrogens (tertiary/aromatic N) is 2. The molecular weight excluding hydrogens is 298 g/mol. The van der Waals surface area contributed by atoms with Gasteiger partial charge in [0.25, 0.3) is 0 Å². The van der Waals surface area contributed by atoms with E-state index < -0.39 is 27.3 Å². The number of aryl methyl sites for hydroxylation is 1. The van der Waals surface area contributed by atoms with Gasteiger partial charge in [-0.1, -0.05) is 0 Å². The number of aromatic nitrogens is 2. The highest BCUT2D eigenvalue weighted by Gasteiger charge is 2.41. The van der Waals surface area contributed by atoms with E-state index in [0.29, 0.717) is 0 Å². The van der Waals surface area contributed by atoms with Gasteiger partial charge in [-0.25, -0.2) is 13.2 Å². The van der Waals surface area contributed by atoms with Gasteiger partial charge in [0.1, 0.15) is 4.90 Å². The van der Waals surface area contributed by atoms with Crippen LogP contribution in [-0.4, -0.2) is 58.8 Å². The summed E-state index contributed by atoms with van der Waals surface area (Å²) in [6, 6.07) is 0. The molecular formula is C12H19N3O5S.